The predicted molar refractivity (Wildman–Crippen MR) is 120 cm³/mol. The topological polar surface area (TPSA) is 83.8 Å². The van der Waals surface area contributed by atoms with Crippen LogP contribution in [0.5, 0.6) is 0 Å². The number of carboxylic acids is 1. The summed E-state index contributed by atoms with van der Waals surface area (Å²) in [6.45, 7) is 10.3. The lowest BCUT2D eigenvalue weighted by atomic mass is 9.83. The van der Waals surface area contributed by atoms with Crippen LogP contribution in [-0.2, 0) is 14.3 Å². The molecule has 1 aliphatic carbocycles. The van der Waals surface area contributed by atoms with Crippen LogP contribution in [0.2, 0.25) is 0 Å². The quantitative estimate of drug-likeness (QED) is 0.194. The molecule has 0 saturated heterocycles. The van der Waals surface area contributed by atoms with Gasteiger partial charge in [0.2, 0.25) is 0 Å². The van der Waals surface area contributed by atoms with E-state index in [1.54, 1.807) is 13.8 Å². The maximum Gasteiger partial charge on any atom is 0.364 e. The van der Waals surface area contributed by atoms with Gasteiger partial charge in [0.05, 0.1) is 6.10 Å². The molecule has 174 valence electrons. The Balaban J connectivity index is 2.45. The molecular weight excluding hydrogens is 380 g/mol. The van der Waals surface area contributed by atoms with Gasteiger partial charge < -0.3 is 14.9 Å². The Morgan fingerprint density at radius 3 is 2.50 bits per heavy atom. The molecule has 2 N–H and O–H groups in total. The molecule has 0 amide bonds. The van der Waals surface area contributed by atoms with Crippen molar-refractivity contribution < 1.29 is 24.5 Å². The Labute approximate surface area is 183 Å². The fourth-order valence-electron chi connectivity index (χ4n) is 4.37. The number of hydrogen-bond donors (Lipinski definition) is 2. The molecule has 0 aliphatic heterocycles. The molecule has 0 aromatic heterocycles. The van der Waals surface area contributed by atoms with Gasteiger partial charge in [-0.15, -0.1) is 0 Å². The van der Waals surface area contributed by atoms with Gasteiger partial charge in [0.25, 0.3) is 5.79 Å². The summed E-state index contributed by atoms with van der Waals surface area (Å²) in [6, 6.07) is 0. The van der Waals surface area contributed by atoms with Gasteiger partial charge in [0.1, 0.15) is 5.78 Å². The molecule has 3 atom stereocenters. The predicted octanol–water partition coefficient (Wildman–Crippen LogP) is 5.89. The van der Waals surface area contributed by atoms with Crippen molar-refractivity contribution in [3.05, 3.63) is 12.2 Å². The average molecular weight is 425 g/mol. The molecule has 1 aliphatic rings. The zero-order chi connectivity index (χ0) is 22.8. The minimum Gasteiger partial charge on any atom is -0.477 e. The number of carboxylic acid groups (broad SMARTS) is 1. The number of aliphatic hydroxyl groups is 1. The van der Waals surface area contributed by atoms with E-state index in [2.05, 4.69) is 32.9 Å². The zero-order valence-corrected chi connectivity index (χ0v) is 19.8. The molecule has 1 rings (SSSR count). The fraction of sp³-hybridized carbons (Fsp3) is 0.840. The van der Waals surface area contributed by atoms with Crippen LogP contribution < -0.4 is 0 Å². The first kappa shape index (κ1) is 26.8. The number of Topliss-reactive ketones (excluding diaryl/α,β-unsaturated/α-hetero) is 1. The molecule has 5 nitrogen and oxygen atoms in total. The Morgan fingerprint density at radius 1 is 1.20 bits per heavy atom. The van der Waals surface area contributed by atoms with Crippen molar-refractivity contribution in [2.45, 2.75) is 117 Å². The first-order valence-electron chi connectivity index (χ1n) is 11.8. The fourth-order valence-corrected chi connectivity index (χ4v) is 4.37. The average Bonchev–Trinajstić information content (AvgIpc) is 2.99. The summed E-state index contributed by atoms with van der Waals surface area (Å²) in [6.07, 6.45) is 13.6. The van der Waals surface area contributed by atoms with E-state index in [1.807, 2.05) is 0 Å². The first-order valence-corrected chi connectivity index (χ1v) is 11.8. The number of aliphatic carboxylic acids is 1. The molecule has 0 aromatic carbocycles. The minimum absolute atomic E-state index is 0.0648. The van der Waals surface area contributed by atoms with Crippen molar-refractivity contribution in [2.75, 3.05) is 0 Å². The van der Waals surface area contributed by atoms with E-state index in [0.717, 1.165) is 32.1 Å². The molecule has 0 heterocycles. The van der Waals surface area contributed by atoms with Crippen molar-refractivity contribution in [2.24, 2.45) is 17.3 Å². The summed E-state index contributed by atoms with van der Waals surface area (Å²) >= 11 is 0. The van der Waals surface area contributed by atoms with E-state index in [0.29, 0.717) is 30.0 Å². The SMILES string of the molecule is CCCCC(C)(C)CC=C[C@H]1CCC(=O)[C@@H]1CCCCCC(O)(OC(C)C)C(=O)O. The van der Waals surface area contributed by atoms with Gasteiger partial charge in [0, 0.05) is 18.8 Å². The number of rotatable bonds is 15. The number of ether oxygens (including phenoxy) is 1. The van der Waals surface area contributed by atoms with E-state index in [1.165, 1.54) is 19.3 Å². The monoisotopic (exact) mass is 424 g/mol. The summed E-state index contributed by atoms with van der Waals surface area (Å²) in [5.41, 5.74) is 0.309. The standard InChI is InChI=1S/C25H44O5/c1-6-7-16-24(4,5)17-11-12-20-14-15-22(26)21(20)13-9-8-10-18-25(29,23(27)28)30-19(2)3/h11-12,19-21,29H,6-10,13-18H2,1-5H3,(H,27,28)/t20-,21+,25?/m0/s1. The lowest BCUT2D eigenvalue weighted by molar-refractivity contribution is -0.238. The van der Waals surface area contributed by atoms with Crippen LogP contribution in [0.25, 0.3) is 0 Å². The second-order valence-electron chi connectivity index (χ2n) is 10.0. The highest BCUT2D eigenvalue weighted by Gasteiger charge is 2.38. The van der Waals surface area contributed by atoms with Crippen molar-refractivity contribution in [1.29, 1.82) is 0 Å². The highest BCUT2D eigenvalue weighted by molar-refractivity contribution is 5.83. The zero-order valence-electron chi connectivity index (χ0n) is 19.8. The van der Waals surface area contributed by atoms with Crippen LogP contribution >= 0.6 is 0 Å². The molecule has 0 aromatic rings. The second-order valence-corrected chi connectivity index (χ2v) is 10.0. The third-order valence-electron chi connectivity index (χ3n) is 6.21. The molecule has 1 fully saturated rings. The molecule has 0 spiro atoms. The Kier molecular flexibility index (Phi) is 11.3. The van der Waals surface area contributed by atoms with E-state index >= 15 is 0 Å². The molecule has 30 heavy (non-hydrogen) atoms. The summed E-state index contributed by atoms with van der Waals surface area (Å²) in [7, 11) is 0. The van der Waals surface area contributed by atoms with E-state index in [9.17, 15) is 19.8 Å². The van der Waals surface area contributed by atoms with Crippen molar-refractivity contribution >= 4 is 11.8 Å². The van der Waals surface area contributed by atoms with Crippen LogP contribution in [-0.4, -0.2) is 33.9 Å². The molecule has 0 radical (unpaired) electrons. The van der Waals surface area contributed by atoms with Crippen LogP contribution in [0.3, 0.4) is 0 Å². The molecule has 0 bridgehead atoms. The molecule has 1 saturated carbocycles. The highest BCUT2D eigenvalue weighted by Crippen LogP contribution is 2.35. The Bertz CT molecular complexity index is 566. The Morgan fingerprint density at radius 2 is 1.90 bits per heavy atom. The van der Waals surface area contributed by atoms with E-state index in [4.69, 9.17) is 4.74 Å². The van der Waals surface area contributed by atoms with Crippen LogP contribution in [0, 0.1) is 17.3 Å². The van der Waals surface area contributed by atoms with E-state index in [-0.39, 0.29) is 18.4 Å². The lowest BCUT2D eigenvalue weighted by Crippen LogP contribution is -2.43. The Hall–Kier alpha value is -1.20. The molecular formula is C25H44O5. The number of ketones is 1. The van der Waals surface area contributed by atoms with Gasteiger partial charge in [-0.25, -0.2) is 4.79 Å². The number of hydrogen-bond acceptors (Lipinski definition) is 4. The van der Waals surface area contributed by atoms with Gasteiger partial charge in [-0.05, 0) is 57.3 Å². The number of carbonyl (C=O) groups is 2. The third kappa shape index (κ3) is 9.30. The van der Waals surface area contributed by atoms with Gasteiger partial charge in [0.15, 0.2) is 0 Å². The smallest absolute Gasteiger partial charge is 0.364 e. The van der Waals surface area contributed by atoms with Crippen molar-refractivity contribution in [3.8, 4) is 0 Å². The number of carbonyl (C=O) groups excluding carboxylic acids is 1. The van der Waals surface area contributed by atoms with Crippen LogP contribution in [0.15, 0.2) is 12.2 Å². The number of unbranched alkanes of at least 4 members (excludes halogenated alkanes) is 3. The lowest BCUT2D eigenvalue weighted by Gasteiger charge is -2.26. The number of allylic oxidation sites excluding steroid dienone is 2. The largest absolute Gasteiger partial charge is 0.477 e. The summed E-state index contributed by atoms with van der Waals surface area (Å²) in [4.78, 5) is 23.7. The molecule has 5 heteroatoms. The maximum atomic E-state index is 12.3. The van der Waals surface area contributed by atoms with Gasteiger partial charge in [-0.2, -0.15) is 0 Å². The normalized spacial score (nSPS) is 22.2. The minimum atomic E-state index is -2.12. The van der Waals surface area contributed by atoms with Crippen LogP contribution in [0.1, 0.15) is 105 Å². The summed E-state index contributed by atoms with van der Waals surface area (Å²) in [5, 5.41) is 19.4. The summed E-state index contributed by atoms with van der Waals surface area (Å²) in [5.74, 6) is -2.67. The molecule has 1 unspecified atom stereocenters. The van der Waals surface area contributed by atoms with Gasteiger partial charge in [-0.3, -0.25) is 4.79 Å². The van der Waals surface area contributed by atoms with Gasteiger partial charge >= 0.3 is 5.97 Å². The van der Waals surface area contributed by atoms with Gasteiger partial charge in [-0.1, -0.05) is 58.6 Å². The van der Waals surface area contributed by atoms with E-state index < -0.39 is 11.8 Å². The second kappa shape index (κ2) is 12.6. The highest BCUT2D eigenvalue weighted by atomic mass is 16.7. The van der Waals surface area contributed by atoms with Crippen molar-refractivity contribution in [3.63, 3.8) is 0 Å². The third-order valence-corrected chi connectivity index (χ3v) is 6.21. The first-order chi connectivity index (χ1) is 14.0. The van der Waals surface area contributed by atoms with Crippen LogP contribution in [0.4, 0.5) is 0 Å². The summed E-state index contributed by atoms with van der Waals surface area (Å²) < 4.78 is 5.20. The van der Waals surface area contributed by atoms with Crippen molar-refractivity contribution in [1.82, 2.24) is 0 Å². The maximum absolute atomic E-state index is 12.3.